The summed E-state index contributed by atoms with van der Waals surface area (Å²) in [5.74, 6) is -0.376. The lowest BCUT2D eigenvalue weighted by molar-refractivity contribution is 0.0158. The Morgan fingerprint density at radius 3 is 2.67 bits per heavy atom. The van der Waals surface area contributed by atoms with Gasteiger partial charge >= 0.3 is 0 Å². The van der Waals surface area contributed by atoms with Crippen molar-refractivity contribution >= 4 is 17.2 Å². The molecular formula is C18H21FN2O2S. The molecule has 0 saturated heterocycles. The Morgan fingerprint density at radius 2 is 2.00 bits per heavy atom. The molecule has 1 amide bonds. The van der Waals surface area contributed by atoms with Crippen LogP contribution in [0.2, 0.25) is 0 Å². The summed E-state index contributed by atoms with van der Waals surface area (Å²) in [6.45, 7) is 0.358. The molecule has 1 aromatic carbocycles. The molecule has 1 aliphatic rings. The first-order chi connectivity index (χ1) is 11.5. The van der Waals surface area contributed by atoms with Crippen LogP contribution in [0, 0.1) is 5.82 Å². The zero-order valence-corrected chi connectivity index (χ0v) is 14.5. The van der Waals surface area contributed by atoms with E-state index < -0.39 is 5.60 Å². The Hall–Kier alpha value is -1.79. The van der Waals surface area contributed by atoms with Crippen LogP contribution in [0.1, 0.15) is 45.9 Å². The van der Waals surface area contributed by atoms with Crippen molar-refractivity contribution in [3.8, 4) is 0 Å². The summed E-state index contributed by atoms with van der Waals surface area (Å²) in [7, 11) is 1.72. The second-order valence-corrected chi connectivity index (χ2v) is 7.63. The maximum Gasteiger partial charge on any atom is 0.265 e. The van der Waals surface area contributed by atoms with Crippen LogP contribution in [0.3, 0.4) is 0 Å². The number of aliphatic hydroxyl groups is 1. The summed E-state index contributed by atoms with van der Waals surface area (Å²) in [6.07, 6.45) is 5.70. The van der Waals surface area contributed by atoms with Crippen LogP contribution in [0.5, 0.6) is 0 Å². The van der Waals surface area contributed by atoms with Crippen LogP contribution in [-0.4, -0.2) is 40.1 Å². The van der Waals surface area contributed by atoms with E-state index in [2.05, 4.69) is 4.98 Å². The maximum atomic E-state index is 12.9. The van der Waals surface area contributed by atoms with E-state index in [9.17, 15) is 14.3 Å². The fourth-order valence-electron chi connectivity index (χ4n) is 3.16. The van der Waals surface area contributed by atoms with Gasteiger partial charge < -0.3 is 10.0 Å². The van der Waals surface area contributed by atoms with Gasteiger partial charge in [0.1, 0.15) is 10.7 Å². The lowest BCUT2D eigenvalue weighted by atomic mass is 10.0. The number of hydrogen-bond donors (Lipinski definition) is 1. The zero-order valence-electron chi connectivity index (χ0n) is 13.7. The van der Waals surface area contributed by atoms with Crippen molar-refractivity contribution in [2.24, 2.45) is 0 Å². The molecule has 3 rings (SSSR count). The zero-order chi connectivity index (χ0) is 17.2. The van der Waals surface area contributed by atoms with Crippen LogP contribution >= 0.6 is 11.3 Å². The molecule has 4 nitrogen and oxygen atoms in total. The van der Waals surface area contributed by atoms with Crippen LogP contribution in [0.15, 0.2) is 30.5 Å². The quantitative estimate of drug-likeness (QED) is 0.902. The van der Waals surface area contributed by atoms with Gasteiger partial charge in [0.25, 0.3) is 5.91 Å². The van der Waals surface area contributed by atoms with Crippen LogP contribution in [-0.2, 0) is 6.42 Å². The van der Waals surface area contributed by atoms with Gasteiger partial charge in [0.05, 0.1) is 16.8 Å². The summed E-state index contributed by atoms with van der Waals surface area (Å²) in [6, 6.07) is 6.29. The SMILES string of the molecule is CN(CC1(O)CCCC1)C(=O)c1cnc(Cc2ccc(F)cc2)s1. The lowest BCUT2D eigenvalue weighted by Gasteiger charge is -2.28. The number of benzene rings is 1. The summed E-state index contributed by atoms with van der Waals surface area (Å²) >= 11 is 1.35. The van der Waals surface area contributed by atoms with Gasteiger partial charge in [-0.05, 0) is 30.5 Å². The number of hydrogen-bond acceptors (Lipinski definition) is 4. The molecule has 2 aromatic rings. The Labute approximate surface area is 145 Å². The van der Waals surface area contributed by atoms with Gasteiger partial charge in [0, 0.05) is 20.0 Å². The van der Waals surface area contributed by atoms with Gasteiger partial charge in [-0.3, -0.25) is 4.79 Å². The summed E-state index contributed by atoms with van der Waals surface area (Å²) in [4.78, 5) is 19.0. The average Bonchev–Trinajstić information content (AvgIpc) is 3.18. The number of thiazole rings is 1. The first kappa shape index (κ1) is 17.0. The number of nitrogens with zero attached hydrogens (tertiary/aromatic N) is 2. The molecule has 1 aliphatic carbocycles. The molecule has 1 N–H and O–H groups in total. The highest BCUT2D eigenvalue weighted by Gasteiger charge is 2.33. The third kappa shape index (κ3) is 3.99. The largest absolute Gasteiger partial charge is 0.388 e. The monoisotopic (exact) mass is 348 g/mol. The predicted molar refractivity (Wildman–Crippen MR) is 91.7 cm³/mol. The Bertz CT molecular complexity index is 708. The number of carbonyl (C=O) groups is 1. The molecule has 1 saturated carbocycles. The average molecular weight is 348 g/mol. The number of rotatable bonds is 5. The van der Waals surface area contributed by atoms with E-state index in [0.717, 1.165) is 36.3 Å². The minimum atomic E-state index is -0.744. The highest BCUT2D eigenvalue weighted by molar-refractivity contribution is 7.13. The molecule has 1 aromatic heterocycles. The van der Waals surface area contributed by atoms with E-state index >= 15 is 0 Å². The molecule has 0 unspecified atom stereocenters. The minimum absolute atomic E-state index is 0.113. The van der Waals surface area contributed by atoms with Crippen molar-refractivity contribution in [2.75, 3.05) is 13.6 Å². The molecule has 0 aliphatic heterocycles. The predicted octanol–water partition coefficient (Wildman–Crippen LogP) is 3.25. The smallest absolute Gasteiger partial charge is 0.265 e. The van der Waals surface area contributed by atoms with Crippen LogP contribution < -0.4 is 0 Å². The summed E-state index contributed by atoms with van der Waals surface area (Å²) in [5.41, 5.74) is 0.213. The third-order valence-corrected chi connectivity index (χ3v) is 5.43. The Kier molecular flexibility index (Phi) is 4.96. The molecule has 0 spiro atoms. The highest BCUT2D eigenvalue weighted by atomic mass is 32.1. The van der Waals surface area contributed by atoms with Crippen molar-refractivity contribution in [1.29, 1.82) is 0 Å². The van der Waals surface area contributed by atoms with E-state index in [4.69, 9.17) is 0 Å². The second-order valence-electron chi connectivity index (χ2n) is 6.51. The normalized spacial score (nSPS) is 16.3. The van der Waals surface area contributed by atoms with Gasteiger partial charge in [-0.2, -0.15) is 0 Å². The molecular weight excluding hydrogens is 327 g/mol. The minimum Gasteiger partial charge on any atom is -0.388 e. The fraction of sp³-hybridized carbons (Fsp3) is 0.444. The van der Waals surface area contributed by atoms with Gasteiger partial charge in [-0.1, -0.05) is 25.0 Å². The molecule has 128 valence electrons. The van der Waals surface area contributed by atoms with Crippen molar-refractivity contribution in [3.05, 3.63) is 51.7 Å². The molecule has 0 radical (unpaired) electrons. The number of carbonyl (C=O) groups excluding carboxylic acids is 1. The van der Waals surface area contributed by atoms with Crippen molar-refractivity contribution in [3.63, 3.8) is 0 Å². The van der Waals surface area contributed by atoms with E-state index in [0.29, 0.717) is 17.8 Å². The third-order valence-electron chi connectivity index (χ3n) is 4.45. The number of aromatic nitrogens is 1. The molecule has 1 fully saturated rings. The van der Waals surface area contributed by atoms with Crippen LogP contribution in [0.25, 0.3) is 0 Å². The first-order valence-electron chi connectivity index (χ1n) is 8.12. The van der Waals surface area contributed by atoms with Crippen molar-refractivity contribution in [1.82, 2.24) is 9.88 Å². The number of amides is 1. The van der Waals surface area contributed by atoms with Gasteiger partial charge in [0.15, 0.2) is 0 Å². The van der Waals surface area contributed by atoms with Gasteiger partial charge in [-0.25, -0.2) is 9.37 Å². The molecule has 1 heterocycles. The molecule has 0 bridgehead atoms. The van der Waals surface area contributed by atoms with E-state index in [-0.39, 0.29) is 11.7 Å². The van der Waals surface area contributed by atoms with Crippen LogP contribution in [0.4, 0.5) is 4.39 Å². The van der Waals surface area contributed by atoms with E-state index in [1.807, 2.05) is 0 Å². The van der Waals surface area contributed by atoms with Crippen molar-refractivity contribution < 1.29 is 14.3 Å². The molecule has 24 heavy (non-hydrogen) atoms. The second kappa shape index (κ2) is 6.99. The topological polar surface area (TPSA) is 53.4 Å². The first-order valence-corrected chi connectivity index (χ1v) is 8.94. The summed E-state index contributed by atoms with van der Waals surface area (Å²) < 4.78 is 12.9. The van der Waals surface area contributed by atoms with E-state index in [1.54, 1.807) is 30.3 Å². The highest BCUT2D eigenvalue weighted by Crippen LogP contribution is 2.30. The fourth-order valence-corrected chi connectivity index (χ4v) is 4.11. The molecule has 0 atom stereocenters. The van der Waals surface area contributed by atoms with Crippen molar-refractivity contribution in [2.45, 2.75) is 37.7 Å². The Balaban J connectivity index is 1.63. The summed E-state index contributed by atoms with van der Waals surface area (Å²) in [5, 5.41) is 11.3. The molecule has 6 heteroatoms. The van der Waals surface area contributed by atoms with Gasteiger partial charge in [-0.15, -0.1) is 11.3 Å². The standard InChI is InChI=1S/C18H21FN2O2S/c1-21(12-18(23)8-2-3-9-18)17(22)15-11-20-16(24-15)10-13-4-6-14(19)7-5-13/h4-7,11,23H,2-3,8-10,12H2,1H3. The Morgan fingerprint density at radius 1 is 1.33 bits per heavy atom. The van der Waals surface area contributed by atoms with Gasteiger partial charge in [0.2, 0.25) is 0 Å². The lowest BCUT2D eigenvalue weighted by Crippen LogP contribution is -2.41. The number of halogens is 1. The van der Waals surface area contributed by atoms with E-state index in [1.165, 1.54) is 23.5 Å². The number of likely N-dealkylation sites (N-methyl/N-ethyl adjacent to an activating group) is 1. The maximum absolute atomic E-state index is 12.9.